The van der Waals surface area contributed by atoms with Crippen LogP contribution >= 0.6 is 0 Å². The van der Waals surface area contributed by atoms with Gasteiger partial charge in [-0.15, -0.1) is 0 Å². The smallest absolute Gasteiger partial charge is 0.255 e. The lowest BCUT2D eigenvalue weighted by atomic mass is 10.0. The van der Waals surface area contributed by atoms with Gasteiger partial charge in [-0.1, -0.05) is 108 Å². The SMILES string of the molecule is CCCCCCCCCCCCCC/C=C\C=C/NC(=O)c1ccccc1. The summed E-state index contributed by atoms with van der Waals surface area (Å²) in [5.74, 6) is -0.0683. The topological polar surface area (TPSA) is 29.1 Å². The van der Waals surface area contributed by atoms with Crippen LogP contribution in [-0.4, -0.2) is 5.91 Å². The highest BCUT2D eigenvalue weighted by Crippen LogP contribution is 2.12. The molecule has 2 heteroatoms. The minimum Gasteiger partial charge on any atom is -0.329 e. The second kappa shape index (κ2) is 17.6. The van der Waals surface area contributed by atoms with Gasteiger partial charge < -0.3 is 5.32 Å². The predicted octanol–water partition coefficient (Wildman–Crippen LogP) is 7.58. The lowest BCUT2D eigenvalue weighted by Gasteiger charge is -2.02. The van der Waals surface area contributed by atoms with E-state index < -0.39 is 0 Å². The van der Waals surface area contributed by atoms with E-state index in [0.717, 1.165) is 6.42 Å². The highest BCUT2D eigenvalue weighted by atomic mass is 16.1. The zero-order chi connectivity index (χ0) is 19.4. The average Bonchev–Trinajstić information content (AvgIpc) is 2.70. The molecule has 0 saturated carbocycles. The number of nitrogens with one attached hydrogen (secondary N) is 1. The molecule has 1 aromatic carbocycles. The van der Waals surface area contributed by atoms with E-state index in [9.17, 15) is 4.79 Å². The van der Waals surface area contributed by atoms with Crippen LogP contribution in [-0.2, 0) is 0 Å². The summed E-state index contributed by atoms with van der Waals surface area (Å²) in [7, 11) is 0. The first kappa shape index (κ1) is 23.2. The van der Waals surface area contributed by atoms with Crippen molar-refractivity contribution in [1.82, 2.24) is 5.32 Å². The van der Waals surface area contributed by atoms with Gasteiger partial charge in [0.15, 0.2) is 0 Å². The monoisotopic (exact) mass is 369 g/mol. The molecule has 1 amide bonds. The number of amides is 1. The van der Waals surface area contributed by atoms with E-state index in [2.05, 4.69) is 18.3 Å². The highest BCUT2D eigenvalue weighted by molar-refractivity contribution is 5.94. The molecule has 27 heavy (non-hydrogen) atoms. The largest absolute Gasteiger partial charge is 0.329 e. The van der Waals surface area contributed by atoms with Crippen molar-refractivity contribution in [2.24, 2.45) is 0 Å². The first-order valence-electron chi connectivity index (χ1n) is 11.0. The summed E-state index contributed by atoms with van der Waals surface area (Å²) in [6.45, 7) is 2.28. The van der Waals surface area contributed by atoms with Gasteiger partial charge in [-0.2, -0.15) is 0 Å². The molecule has 150 valence electrons. The Kier molecular flexibility index (Phi) is 15.1. The molecule has 0 bridgehead atoms. The van der Waals surface area contributed by atoms with Crippen molar-refractivity contribution in [3.05, 3.63) is 60.3 Å². The lowest BCUT2D eigenvalue weighted by molar-refractivity contribution is 0.0970. The maximum atomic E-state index is 11.8. The summed E-state index contributed by atoms with van der Waals surface area (Å²) in [6, 6.07) is 9.27. The summed E-state index contributed by atoms with van der Waals surface area (Å²) < 4.78 is 0. The lowest BCUT2D eigenvalue weighted by Crippen LogP contribution is -2.16. The summed E-state index contributed by atoms with van der Waals surface area (Å²) in [6.07, 6.45) is 25.6. The molecule has 0 saturated heterocycles. The number of carbonyl (C=O) groups excluding carboxylic acids is 1. The first-order chi connectivity index (χ1) is 13.3. The van der Waals surface area contributed by atoms with Crippen molar-refractivity contribution < 1.29 is 4.79 Å². The van der Waals surface area contributed by atoms with Crippen LogP contribution in [0.25, 0.3) is 0 Å². The van der Waals surface area contributed by atoms with E-state index in [1.54, 1.807) is 6.20 Å². The molecule has 1 rings (SSSR count). The van der Waals surface area contributed by atoms with Crippen molar-refractivity contribution in [2.45, 2.75) is 90.4 Å². The number of carbonyl (C=O) groups is 1. The number of unbranched alkanes of at least 4 members (excludes halogenated alkanes) is 12. The van der Waals surface area contributed by atoms with Gasteiger partial charge in [0.25, 0.3) is 5.91 Å². The fourth-order valence-corrected chi connectivity index (χ4v) is 3.13. The van der Waals surface area contributed by atoms with Gasteiger partial charge in [-0.3, -0.25) is 4.79 Å². The highest BCUT2D eigenvalue weighted by Gasteiger charge is 1.99. The van der Waals surface area contributed by atoms with Crippen molar-refractivity contribution in [1.29, 1.82) is 0 Å². The molecule has 1 aromatic rings. The van der Waals surface area contributed by atoms with Crippen LogP contribution in [0.4, 0.5) is 0 Å². The number of allylic oxidation sites excluding steroid dienone is 3. The third kappa shape index (κ3) is 14.0. The molecule has 0 unspecified atom stereocenters. The third-order valence-corrected chi connectivity index (χ3v) is 4.82. The zero-order valence-corrected chi connectivity index (χ0v) is 17.3. The van der Waals surface area contributed by atoms with Crippen LogP contribution in [0, 0.1) is 0 Å². The summed E-state index contributed by atoms with van der Waals surface area (Å²) >= 11 is 0. The molecule has 0 aliphatic rings. The minimum absolute atomic E-state index is 0.0683. The Hall–Kier alpha value is -1.83. The number of hydrogen-bond donors (Lipinski definition) is 1. The van der Waals surface area contributed by atoms with Gasteiger partial charge in [0, 0.05) is 11.8 Å². The van der Waals surface area contributed by atoms with Crippen molar-refractivity contribution in [2.75, 3.05) is 0 Å². The van der Waals surface area contributed by atoms with Gasteiger partial charge in [0.2, 0.25) is 0 Å². The normalized spacial score (nSPS) is 11.4. The molecule has 0 heterocycles. The van der Waals surface area contributed by atoms with E-state index in [1.807, 2.05) is 42.5 Å². The molecule has 0 spiro atoms. The average molecular weight is 370 g/mol. The van der Waals surface area contributed by atoms with Crippen molar-refractivity contribution in [3.8, 4) is 0 Å². The second-order valence-electron chi connectivity index (χ2n) is 7.30. The molecule has 1 N–H and O–H groups in total. The standard InChI is InChI=1S/C25H39NO/c1-2-3-4-5-6-7-8-9-10-11-12-13-14-15-16-20-23-26-25(27)24-21-18-17-19-22-24/h15-23H,2-14H2,1H3,(H,26,27)/b16-15-,23-20-. The summed E-state index contributed by atoms with van der Waals surface area (Å²) in [5.41, 5.74) is 0.683. The van der Waals surface area contributed by atoms with Crippen LogP contribution in [0.2, 0.25) is 0 Å². The van der Waals surface area contributed by atoms with Crippen LogP contribution in [0.3, 0.4) is 0 Å². The Morgan fingerprint density at radius 3 is 1.93 bits per heavy atom. The van der Waals surface area contributed by atoms with E-state index in [0.29, 0.717) is 5.56 Å². The minimum atomic E-state index is -0.0683. The Morgan fingerprint density at radius 2 is 1.33 bits per heavy atom. The van der Waals surface area contributed by atoms with Crippen LogP contribution < -0.4 is 5.32 Å². The van der Waals surface area contributed by atoms with Gasteiger partial charge in [-0.05, 0) is 31.1 Å². The predicted molar refractivity (Wildman–Crippen MR) is 118 cm³/mol. The molecule has 0 atom stereocenters. The van der Waals surface area contributed by atoms with Crippen molar-refractivity contribution in [3.63, 3.8) is 0 Å². The van der Waals surface area contributed by atoms with E-state index >= 15 is 0 Å². The van der Waals surface area contributed by atoms with Gasteiger partial charge >= 0.3 is 0 Å². The maximum Gasteiger partial charge on any atom is 0.255 e. The van der Waals surface area contributed by atoms with Gasteiger partial charge in [0.1, 0.15) is 0 Å². The zero-order valence-electron chi connectivity index (χ0n) is 17.3. The fraction of sp³-hybridized carbons (Fsp3) is 0.560. The number of rotatable bonds is 16. The summed E-state index contributed by atoms with van der Waals surface area (Å²) in [5, 5.41) is 2.78. The molecule has 0 radical (unpaired) electrons. The van der Waals surface area contributed by atoms with Crippen LogP contribution in [0.15, 0.2) is 54.8 Å². The second-order valence-corrected chi connectivity index (χ2v) is 7.30. The molecular formula is C25H39NO. The third-order valence-electron chi connectivity index (χ3n) is 4.82. The number of hydrogen-bond acceptors (Lipinski definition) is 1. The molecule has 2 nitrogen and oxygen atoms in total. The number of benzene rings is 1. The maximum absolute atomic E-state index is 11.8. The van der Waals surface area contributed by atoms with Gasteiger partial charge in [0.05, 0.1) is 0 Å². The Bertz CT molecular complexity index is 518. The fourth-order valence-electron chi connectivity index (χ4n) is 3.13. The molecule has 0 aliphatic carbocycles. The van der Waals surface area contributed by atoms with Gasteiger partial charge in [-0.25, -0.2) is 0 Å². The van der Waals surface area contributed by atoms with E-state index in [-0.39, 0.29) is 5.91 Å². The van der Waals surface area contributed by atoms with Crippen LogP contribution in [0.5, 0.6) is 0 Å². The van der Waals surface area contributed by atoms with E-state index in [4.69, 9.17) is 0 Å². The summed E-state index contributed by atoms with van der Waals surface area (Å²) in [4.78, 5) is 11.8. The molecule has 0 aromatic heterocycles. The molecule has 0 fully saturated rings. The van der Waals surface area contributed by atoms with Crippen molar-refractivity contribution >= 4 is 5.91 Å². The molecule has 0 aliphatic heterocycles. The molecular weight excluding hydrogens is 330 g/mol. The first-order valence-corrected chi connectivity index (χ1v) is 11.0. The quantitative estimate of drug-likeness (QED) is 0.236. The van der Waals surface area contributed by atoms with Crippen LogP contribution in [0.1, 0.15) is 101 Å². The van der Waals surface area contributed by atoms with E-state index in [1.165, 1.54) is 77.0 Å². The Balaban J connectivity index is 1.87. The Labute approximate surface area is 167 Å². The Morgan fingerprint density at radius 1 is 0.778 bits per heavy atom.